The van der Waals surface area contributed by atoms with Gasteiger partial charge in [0, 0.05) is 86.1 Å². The molecule has 3 aliphatic rings. The molecule has 9 atom stereocenters. The number of carbonyl (C=O) groups excluding carboxylic acids is 2. The molecule has 1 aromatic heterocycles. The summed E-state index contributed by atoms with van der Waals surface area (Å²) in [5, 5.41) is 52.2. The molecule has 3 aliphatic heterocycles. The predicted octanol–water partition coefficient (Wildman–Crippen LogP) is 5.30. The quantitative estimate of drug-likeness (QED) is 0.0864. The number of methoxy groups -OCH3 is 1. The van der Waals surface area contributed by atoms with Gasteiger partial charge in [-0.2, -0.15) is 0 Å². The molecule has 7 rings (SSSR count). The molecule has 4 bridgehead atoms. The first-order valence-corrected chi connectivity index (χ1v) is 21.2. The van der Waals surface area contributed by atoms with Crippen LogP contribution >= 0.6 is 11.3 Å². The van der Waals surface area contributed by atoms with Crippen LogP contribution in [0.15, 0.2) is 59.1 Å². The van der Waals surface area contributed by atoms with Crippen LogP contribution in [0.2, 0.25) is 0 Å². The fourth-order valence-corrected chi connectivity index (χ4v) is 9.64. The van der Waals surface area contributed by atoms with E-state index in [4.69, 9.17) is 19.2 Å². The minimum Gasteiger partial charge on any atom is -0.505 e. The first kappa shape index (κ1) is 43.2. The smallest absolute Gasteiger partial charge is 0.312 e. The van der Waals surface area contributed by atoms with Crippen molar-refractivity contribution in [1.82, 2.24) is 10.3 Å². The summed E-state index contributed by atoms with van der Waals surface area (Å²) < 4.78 is 19.0. The van der Waals surface area contributed by atoms with Gasteiger partial charge in [0.15, 0.2) is 11.2 Å². The number of aromatic hydroxyl groups is 1. The van der Waals surface area contributed by atoms with Gasteiger partial charge in [-0.25, -0.2) is 4.98 Å². The molecule has 1 amide bonds. The van der Waals surface area contributed by atoms with Gasteiger partial charge in [-0.15, -0.1) is 11.3 Å². The monoisotopic (exact) mass is 842 g/mol. The molecule has 320 valence electrons. The molecule has 0 radical (unpaired) electrons. The number of nitrogens with zero attached hydrogens (tertiary/aromatic N) is 2. The van der Waals surface area contributed by atoms with Gasteiger partial charge < -0.3 is 50.2 Å². The summed E-state index contributed by atoms with van der Waals surface area (Å²) in [6.07, 6.45) is 3.78. The van der Waals surface area contributed by atoms with Crippen LogP contribution in [0.1, 0.15) is 57.5 Å². The standard InChI is InChI=1S/C45H54N4O10S/c1-21-10-9-11-22(2)44(56)48-35-40(54)32-31(34-42(35)60-30-20-27(12-13-28(30)47-34)49-17-15-46-16-18-49)33-41(26(6)39(32)53)59-45(7,43(33)55)58-19-14-29(57-8)23(3)37(51)25(5)38(52)24(4)36(21)50/h9-14,19-21,23-25,29,36-38,46,50-52,54H,15-18H2,1-8H3,(H,48,56)/b10-9-,19-14?,22-11-/t21-,23+,24+,25-,29-,36-,37+,38+,45-/m0/s1. The van der Waals surface area contributed by atoms with Gasteiger partial charge in [0.2, 0.25) is 0 Å². The highest BCUT2D eigenvalue weighted by molar-refractivity contribution is 7.25. The molecule has 0 spiro atoms. The number of ketones is 1. The van der Waals surface area contributed by atoms with E-state index in [1.807, 2.05) is 18.2 Å². The van der Waals surface area contributed by atoms with Crippen LogP contribution in [0.25, 0.3) is 31.2 Å². The number of anilines is 2. The number of nitrogens with one attached hydrogen (secondary N) is 2. The van der Waals surface area contributed by atoms with Crippen molar-refractivity contribution in [2.45, 2.75) is 78.7 Å². The lowest BCUT2D eigenvalue weighted by Gasteiger charge is -2.36. The minimum atomic E-state index is -1.97. The van der Waals surface area contributed by atoms with Crippen molar-refractivity contribution < 1.29 is 44.2 Å². The molecular formula is C45H54N4O10S. The summed E-state index contributed by atoms with van der Waals surface area (Å²) in [7, 11) is 1.46. The Morgan fingerprint density at radius 3 is 2.33 bits per heavy atom. The van der Waals surface area contributed by atoms with Crippen molar-refractivity contribution in [2.75, 3.05) is 43.5 Å². The number of aliphatic hydroxyl groups is 3. The average Bonchev–Trinajstić information content (AvgIpc) is 3.51. The number of phenols is 1. The van der Waals surface area contributed by atoms with Gasteiger partial charge in [-0.1, -0.05) is 45.9 Å². The van der Waals surface area contributed by atoms with E-state index in [-0.39, 0.29) is 44.4 Å². The molecule has 0 saturated carbocycles. The third-order valence-electron chi connectivity index (χ3n) is 12.5. The maximum absolute atomic E-state index is 14.7. The first-order valence-electron chi connectivity index (χ1n) is 20.4. The minimum absolute atomic E-state index is 0.00338. The number of benzene rings is 3. The number of rotatable bonds is 2. The topological polar surface area (TPSA) is 200 Å². The summed E-state index contributed by atoms with van der Waals surface area (Å²) >= 11 is 1.26. The number of amides is 1. The Morgan fingerprint density at radius 1 is 0.950 bits per heavy atom. The van der Waals surface area contributed by atoms with E-state index >= 15 is 0 Å². The van der Waals surface area contributed by atoms with Crippen LogP contribution in [-0.4, -0.2) is 101 Å². The number of hydrogen-bond donors (Lipinski definition) is 6. The van der Waals surface area contributed by atoms with Crippen molar-refractivity contribution in [1.29, 1.82) is 0 Å². The third kappa shape index (κ3) is 7.56. The summed E-state index contributed by atoms with van der Waals surface area (Å²) in [5.41, 5.74) is 1.42. The average molecular weight is 843 g/mol. The largest absolute Gasteiger partial charge is 0.505 e. The van der Waals surface area contributed by atoms with Gasteiger partial charge in [0.05, 0.1) is 62.1 Å². The van der Waals surface area contributed by atoms with Gasteiger partial charge in [-0.05, 0) is 38.1 Å². The lowest BCUT2D eigenvalue weighted by atomic mass is 9.78. The molecule has 4 aromatic rings. The van der Waals surface area contributed by atoms with Crippen LogP contribution in [0.5, 0.6) is 11.5 Å². The molecule has 0 aliphatic carbocycles. The highest BCUT2D eigenvalue weighted by Crippen LogP contribution is 2.49. The second-order valence-electron chi connectivity index (χ2n) is 16.5. The molecule has 15 heteroatoms. The van der Waals surface area contributed by atoms with Crippen LogP contribution in [0.4, 0.5) is 11.4 Å². The SMILES string of the molecule is CO[C@H]1C=CO[C@@]2(C)Oc3c(C)c(=O)c4c(O)c(c5sc6cc(N7CCNCC7)ccc6nc5c4c3C2=O)NC(=O)/C(C)=C\C=C/[C@H](C)[C@H](O)[C@@H](C)[C@@H](O)[C@@H](C)[C@H](O)[C@@H]1C. The Labute approximate surface area is 352 Å². The predicted molar refractivity (Wildman–Crippen MR) is 233 cm³/mol. The molecule has 0 unspecified atom stereocenters. The van der Waals surface area contributed by atoms with E-state index < -0.39 is 76.7 Å². The normalized spacial score (nSPS) is 31.0. The van der Waals surface area contributed by atoms with E-state index in [1.54, 1.807) is 52.8 Å². The Kier molecular flexibility index (Phi) is 12.1. The number of aliphatic hydroxyl groups excluding tert-OH is 3. The Hall–Kier alpha value is -4.90. The lowest BCUT2D eigenvalue weighted by molar-refractivity contribution is -0.112. The van der Waals surface area contributed by atoms with Crippen molar-refractivity contribution >= 4 is 65.6 Å². The zero-order valence-corrected chi connectivity index (χ0v) is 35.9. The number of phenolic OH excluding ortho intramolecular Hbond substituents is 1. The maximum atomic E-state index is 14.7. The molecule has 14 nitrogen and oxygen atoms in total. The second kappa shape index (κ2) is 16.9. The Balaban J connectivity index is 1.44. The molecule has 4 heterocycles. The lowest BCUT2D eigenvalue weighted by Crippen LogP contribution is -2.44. The van der Waals surface area contributed by atoms with E-state index in [0.29, 0.717) is 10.2 Å². The highest BCUT2D eigenvalue weighted by atomic mass is 32.1. The number of hydrogen-bond acceptors (Lipinski definition) is 14. The van der Waals surface area contributed by atoms with Crippen molar-refractivity contribution in [3.63, 3.8) is 0 Å². The maximum Gasteiger partial charge on any atom is 0.312 e. The molecule has 60 heavy (non-hydrogen) atoms. The second-order valence-corrected chi connectivity index (χ2v) is 17.6. The number of fused-ring (bicyclic) bond motifs is 2. The fourth-order valence-electron chi connectivity index (χ4n) is 8.52. The van der Waals surface area contributed by atoms with Gasteiger partial charge >= 0.3 is 5.79 Å². The van der Waals surface area contributed by atoms with E-state index in [2.05, 4.69) is 15.5 Å². The third-order valence-corrected chi connectivity index (χ3v) is 13.7. The highest BCUT2D eigenvalue weighted by Gasteiger charge is 2.49. The number of aromatic nitrogens is 1. The summed E-state index contributed by atoms with van der Waals surface area (Å²) in [5.74, 6) is -6.06. The number of allylic oxidation sites excluding steroid dienone is 2. The Morgan fingerprint density at radius 2 is 1.63 bits per heavy atom. The number of piperazine rings is 1. The number of carbonyl (C=O) groups is 2. The summed E-state index contributed by atoms with van der Waals surface area (Å²) in [6, 6.07) is 5.86. The first-order chi connectivity index (χ1) is 28.5. The molecule has 6 N–H and O–H groups in total. The molecular weight excluding hydrogens is 789 g/mol. The van der Waals surface area contributed by atoms with Crippen LogP contribution in [-0.2, 0) is 14.3 Å². The number of Topliss-reactive ketones (excluding diaryl/α,β-unsaturated/α-hetero) is 1. The van der Waals surface area contributed by atoms with Gasteiger partial charge in [-0.3, -0.25) is 14.4 Å². The summed E-state index contributed by atoms with van der Waals surface area (Å²) in [6.45, 7) is 14.8. The molecule has 1 saturated heterocycles. The number of ether oxygens (including phenoxy) is 3. The molecule has 1 fully saturated rings. The van der Waals surface area contributed by atoms with Gasteiger partial charge in [0.25, 0.3) is 11.7 Å². The van der Waals surface area contributed by atoms with Gasteiger partial charge in [0.1, 0.15) is 11.4 Å². The van der Waals surface area contributed by atoms with Crippen molar-refractivity contribution in [3.8, 4) is 11.5 Å². The van der Waals surface area contributed by atoms with Crippen molar-refractivity contribution in [3.05, 3.63) is 75.7 Å². The van der Waals surface area contributed by atoms with Crippen LogP contribution in [0.3, 0.4) is 0 Å². The fraction of sp³-hybridized carbons (Fsp3) is 0.467. The van der Waals surface area contributed by atoms with Crippen LogP contribution < -0.4 is 25.7 Å². The Bertz CT molecular complexity index is 2510. The zero-order chi connectivity index (χ0) is 43.4. The van der Waals surface area contributed by atoms with E-state index in [9.17, 15) is 34.8 Å². The van der Waals surface area contributed by atoms with Crippen molar-refractivity contribution in [2.24, 2.45) is 23.7 Å². The zero-order valence-electron chi connectivity index (χ0n) is 35.1. The molecule has 3 aromatic carbocycles. The summed E-state index contributed by atoms with van der Waals surface area (Å²) in [4.78, 5) is 50.2. The van der Waals surface area contributed by atoms with E-state index in [1.165, 1.54) is 44.6 Å². The van der Waals surface area contributed by atoms with Crippen LogP contribution in [0, 0.1) is 30.6 Å². The van der Waals surface area contributed by atoms with E-state index in [0.717, 1.165) is 36.6 Å².